The van der Waals surface area contributed by atoms with Crippen LogP contribution in [0.25, 0.3) is 11.1 Å². The second kappa shape index (κ2) is 13.4. The first-order valence-electron chi connectivity index (χ1n) is 14.0. The lowest BCUT2D eigenvalue weighted by atomic mass is 9.98. The highest BCUT2D eigenvalue weighted by atomic mass is 16.6. The standard InChI is InChI=1S/C31H42N2O7/c1-31(2,3)40-30(35)32-14-17-39-28(21-32)29(34)33(24-12-13-24)20-23-18-27(38-16-9-15-36-4)26(37-5)19-25(23)22-10-7-6-8-11-22/h6-8,10-11,18-19,24,28H,9,12-17,20-21H2,1-5H3/t28-/m1/s1. The van der Waals surface area contributed by atoms with Crippen LogP contribution in [0.15, 0.2) is 42.5 Å². The molecule has 9 nitrogen and oxygen atoms in total. The molecule has 1 atom stereocenters. The van der Waals surface area contributed by atoms with Crippen LogP contribution < -0.4 is 9.47 Å². The average Bonchev–Trinajstić information content (AvgIpc) is 3.79. The largest absolute Gasteiger partial charge is 0.493 e. The lowest BCUT2D eigenvalue weighted by Crippen LogP contribution is -2.53. The predicted molar refractivity (Wildman–Crippen MR) is 152 cm³/mol. The number of ether oxygens (including phenoxy) is 5. The maximum absolute atomic E-state index is 13.9. The monoisotopic (exact) mass is 554 g/mol. The number of carbonyl (C=O) groups is 2. The molecule has 4 rings (SSSR count). The number of nitrogens with zero attached hydrogens (tertiary/aromatic N) is 2. The van der Waals surface area contributed by atoms with E-state index in [1.807, 2.05) is 68.1 Å². The van der Waals surface area contributed by atoms with Gasteiger partial charge in [-0.15, -0.1) is 0 Å². The van der Waals surface area contributed by atoms with Gasteiger partial charge in [0.2, 0.25) is 0 Å². The Kier molecular flexibility index (Phi) is 9.92. The summed E-state index contributed by atoms with van der Waals surface area (Å²) in [6.45, 7) is 7.80. The zero-order valence-corrected chi connectivity index (χ0v) is 24.3. The first-order chi connectivity index (χ1) is 19.2. The van der Waals surface area contributed by atoms with Crippen molar-refractivity contribution in [3.63, 3.8) is 0 Å². The van der Waals surface area contributed by atoms with Crippen LogP contribution in [0.2, 0.25) is 0 Å². The molecular weight excluding hydrogens is 512 g/mol. The Morgan fingerprint density at radius 2 is 1.80 bits per heavy atom. The van der Waals surface area contributed by atoms with E-state index in [-0.39, 0.29) is 25.1 Å². The first-order valence-corrected chi connectivity index (χ1v) is 14.0. The van der Waals surface area contributed by atoms with Crippen LogP contribution in [0.3, 0.4) is 0 Å². The van der Waals surface area contributed by atoms with Crippen molar-refractivity contribution in [3.05, 3.63) is 48.0 Å². The van der Waals surface area contributed by atoms with E-state index in [0.717, 1.165) is 36.0 Å². The molecule has 1 aliphatic carbocycles. The highest BCUT2D eigenvalue weighted by Gasteiger charge is 2.40. The van der Waals surface area contributed by atoms with Crippen LogP contribution >= 0.6 is 0 Å². The third-order valence-electron chi connectivity index (χ3n) is 6.83. The van der Waals surface area contributed by atoms with Crippen molar-refractivity contribution in [2.24, 2.45) is 0 Å². The molecule has 0 spiro atoms. The number of hydrogen-bond acceptors (Lipinski definition) is 7. The van der Waals surface area contributed by atoms with Crippen molar-refractivity contribution in [3.8, 4) is 22.6 Å². The SMILES string of the molecule is COCCCOc1cc(CN(C(=O)[C@H]2CN(C(=O)OC(C)(C)C)CCO2)C2CC2)c(-c2ccccc2)cc1OC. The molecule has 218 valence electrons. The molecule has 0 N–H and O–H groups in total. The third kappa shape index (κ3) is 7.88. The van der Waals surface area contributed by atoms with Crippen LogP contribution in [0.1, 0.15) is 45.6 Å². The predicted octanol–water partition coefficient (Wildman–Crippen LogP) is 4.90. The number of hydrogen-bond donors (Lipinski definition) is 0. The van der Waals surface area contributed by atoms with Gasteiger partial charge in [0.25, 0.3) is 5.91 Å². The molecule has 1 aliphatic heterocycles. The fraction of sp³-hybridized carbons (Fsp3) is 0.548. The second-order valence-corrected chi connectivity index (χ2v) is 11.2. The minimum absolute atomic E-state index is 0.117. The molecule has 0 aromatic heterocycles. The van der Waals surface area contributed by atoms with E-state index in [9.17, 15) is 9.59 Å². The molecule has 0 radical (unpaired) electrons. The smallest absolute Gasteiger partial charge is 0.410 e. The van der Waals surface area contributed by atoms with Crippen LogP contribution in [-0.4, -0.2) is 86.7 Å². The van der Waals surface area contributed by atoms with E-state index in [2.05, 4.69) is 0 Å². The first kappa shape index (κ1) is 29.7. The van der Waals surface area contributed by atoms with Crippen molar-refractivity contribution in [2.45, 2.75) is 64.3 Å². The van der Waals surface area contributed by atoms with E-state index in [4.69, 9.17) is 23.7 Å². The van der Waals surface area contributed by atoms with E-state index < -0.39 is 17.8 Å². The van der Waals surface area contributed by atoms with Gasteiger partial charge in [-0.05, 0) is 62.4 Å². The zero-order chi connectivity index (χ0) is 28.7. The molecular formula is C31H42N2O7. The summed E-state index contributed by atoms with van der Waals surface area (Å²) >= 11 is 0. The minimum Gasteiger partial charge on any atom is -0.493 e. The summed E-state index contributed by atoms with van der Waals surface area (Å²) in [4.78, 5) is 30.1. The van der Waals surface area contributed by atoms with Gasteiger partial charge in [-0.2, -0.15) is 0 Å². The van der Waals surface area contributed by atoms with Gasteiger partial charge in [-0.25, -0.2) is 4.79 Å². The molecule has 1 heterocycles. The normalized spacial score (nSPS) is 17.3. The number of rotatable bonds is 11. The van der Waals surface area contributed by atoms with Gasteiger partial charge in [0.1, 0.15) is 5.60 Å². The Morgan fingerprint density at radius 1 is 1.05 bits per heavy atom. The molecule has 2 amide bonds. The Hall–Kier alpha value is -3.30. The van der Waals surface area contributed by atoms with Crippen LogP contribution in [-0.2, 0) is 25.5 Å². The lowest BCUT2D eigenvalue weighted by Gasteiger charge is -2.36. The molecule has 40 heavy (non-hydrogen) atoms. The highest BCUT2D eigenvalue weighted by molar-refractivity contribution is 5.83. The quantitative estimate of drug-likeness (QED) is 0.365. The molecule has 1 saturated heterocycles. The van der Waals surface area contributed by atoms with Crippen molar-refractivity contribution < 1.29 is 33.3 Å². The minimum atomic E-state index is -0.745. The Morgan fingerprint density at radius 3 is 2.45 bits per heavy atom. The topological polar surface area (TPSA) is 86.8 Å². The van der Waals surface area contributed by atoms with Gasteiger partial charge < -0.3 is 33.5 Å². The van der Waals surface area contributed by atoms with Gasteiger partial charge in [-0.3, -0.25) is 4.79 Å². The maximum atomic E-state index is 13.9. The van der Waals surface area contributed by atoms with Crippen molar-refractivity contribution in [1.29, 1.82) is 0 Å². The summed E-state index contributed by atoms with van der Waals surface area (Å²) in [5, 5.41) is 0. The molecule has 2 aromatic carbocycles. The van der Waals surface area contributed by atoms with Gasteiger partial charge in [0.15, 0.2) is 17.6 Å². The Bertz CT molecular complexity index is 1140. The number of amides is 2. The van der Waals surface area contributed by atoms with Crippen molar-refractivity contribution in [1.82, 2.24) is 9.80 Å². The van der Waals surface area contributed by atoms with E-state index >= 15 is 0 Å². The summed E-state index contributed by atoms with van der Waals surface area (Å²) < 4.78 is 28.4. The van der Waals surface area contributed by atoms with Gasteiger partial charge in [0.05, 0.1) is 26.9 Å². The van der Waals surface area contributed by atoms with Crippen LogP contribution in [0.5, 0.6) is 11.5 Å². The van der Waals surface area contributed by atoms with Crippen LogP contribution in [0.4, 0.5) is 4.79 Å². The number of carbonyl (C=O) groups excluding carboxylic acids is 2. The van der Waals surface area contributed by atoms with Gasteiger partial charge in [0, 0.05) is 39.3 Å². The Labute approximate surface area is 237 Å². The number of morpholine rings is 1. The average molecular weight is 555 g/mol. The maximum Gasteiger partial charge on any atom is 0.410 e. The zero-order valence-electron chi connectivity index (χ0n) is 24.3. The van der Waals surface area contributed by atoms with Gasteiger partial charge >= 0.3 is 6.09 Å². The fourth-order valence-corrected chi connectivity index (χ4v) is 4.71. The molecule has 0 unspecified atom stereocenters. The number of methoxy groups -OCH3 is 2. The van der Waals surface area contributed by atoms with E-state index in [1.165, 1.54) is 0 Å². The third-order valence-corrected chi connectivity index (χ3v) is 6.83. The molecule has 2 aliphatic rings. The van der Waals surface area contributed by atoms with Crippen molar-refractivity contribution >= 4 is 12.0 Å². The van der Waals surface area contributed by atoms with E-state index in [0.29, 0.717) is 37.8 Å². The highest BCUT2D eigenvalue weighted by Crippen LogP contribution is 2.38. The molecule has 9 heteroatoms. The summed E-state index contributed by atoms with van der Waals surface area (Å²) in [6.07, 6.45) is 1.44. The van der Waals surface area contributed by atoms with Gasteiger partial charge in [-0.1, -0.05) is 30.3 Å². The fourth-order valence-electron chi connectivity index (χ4n) is 4.71. The summed E-state index contributed by atoms with van der Waals surface area (Å²) in [5.74, 6) is 1.14. The van der Waals surface area contributed by atoms with E-state index in [1.54, 1.807) is 19.1 Å². The second-order valence-electron chi connectivity index (χ2n) is 11.2. The molecule has 0 bridgehead atoms. The summed E-state index contributed by atoms with van der Waals surface area (Å²) in [7, 11) is 3.29. The Balaban J connectivity index is 1.59. The number of benzene rings is 2. The van der Waals surface area contributed by atoms with Crippen molar-refractivity contribution in [2.75, 3.05) is 47.1 Å². The lowest BCUT2D eigenvalue weighted by molar-refractivity contribution is -0.150. The van der Waals surface area contributed by atoms with Crippen LogP contribution in [0, 0.1) is 0 Å². The molecule has 1 saturated carbocycles. The molecule has 2 fully saturated rings. The molecule has 2 aromatic rings. The summed E-state index contributed by atoms with van der Waals surface area (Å²) in [6, 6.07) is 14.1. The summed E-state index contributed by atoms with van der Waals surface area (Å²) in [5.41, 5.74) is 2.34.